The van der Waals surface area contributed by atoms with Crippen LogP contribution in [-0.2, 0) is 4.74 Å². The topological polar surface area (TPSA) is 64.3 Å². The van der Waals surface area contributed by atoms with Gasteiger partial charge in [-0.25, -0.2) is 4.79 Å². The van der Waals surface area contributed by atoms with Gasteiger partial charge >= 0.3 is 6.09 Å². The molecule has 0 radical (unpaired) electrons. The van der Waals surface area contributed by atoms with Gasteiger partial charge in [0.2, 0.25) is 0 Å². The summed E-state index contributed by atoms with van der Waals surface area (Å²) in [5.41, 5.74) is 5.81. The Hall–Kier alpha value is -0.770. The largest absolute Gasteiger partial charge is 0.453 e. The third kappa shape index (κ3) is 2.37. The van der Waals surface area contributed by atoms with Crippen LogP contribution in [0.4, 0.5) is 4.79 Å². The number of ether oxygens (including phenoxy) is 1. The molecule has 0 saturated heterocycles. The quantitative estimate of drug-likeness (QED) is 0.636. The Morgan fingerprint density at radius 3 is 2.92 bits per heavy atom. The van der Waals surface area contributed by atoms with Gasteiger partial charge in [-0.15, -0.1) is 0 Å². The molecule has 0 aliphatic heterocycles. The molecule has 3 N–H and O–H groups in total. The highest BCUT2D eigenvalue weighted by Crippen LogP contribution is 2.22. The van der Waals surface area contributed by atoms with Crippen molar-refractivity contribution in [3.63, 3.8) is 0 Å². The summed E-state index contributed by atoms with van der Waals surface area (Å²) in [5.74, 6) is 0.434. The molecule has 0 aromatic heterocycles. The molecule has 1 amide bonds. The minimum absolute atomic E-state index is 0.252. The molecule has 0 aromatic rings. The first-order valence-electron chi connectivity index (χ1n) is 4.31. The first-order chi connectivity index (χ1) is 5.74. The van der Waals surface area contributed by atoms with E-state index in [4.69, 9.17) is 5.73 Å². The van der Waals surface area contributed by atoms with Crippen molar-refractivity contribution in [3.05, 3.63) is 0 Å². The van der Waals surface area contributed by atoms with Crippen molar-refractivity contribution in [2.75, 3.05) is 13.7 Å². The van der Waals surface area contributed by atoms with E-state index in [0.717, 1.165) is 12.8 Å². The number of rotatable bonds is 2. The van der Waals surface area contributed by atoms with E-state index in [1.54, 1.807) is 0 Å². The van der Waals surface area contributed by atoms with Crippen LogP contribution in [0.1, 0.15) is 19.3 Å². The Morgan fingerprint density at radius 2 is 2.42 bits per heavy atom. The van der Waals surface area contributed by atoms with E-state index < -0.39 is 0 Å². The molecule has 0 aromatic carbocycles. The Kier molecular flexibility index (Phi) is 3.34. The molecule has 0 bridgehead atoms. The van der Waals surface area contributed by atoms with Gasteiger partial charge in [0.1, 0.15) is 0 Å². The van der Waals surface area contributed by atoms with E-state index in [2.05, 4.69) is 10.1 Å². The molecule has 0 heterocycles. The number of hydrogen-bond donors (Lipinski definition) is 2. The van der Waals surface area contributed by atoms with Gasteiger partial charge in [-0.05, 0) is 18.8 Å². The van der Waals surface area contributed by atoms with E-state index >= 15 is 0 Å². The number of nitrogens with one attached hydrogen (secondary N) is 1. The van der Waals surface area contributed by atoms with Crippen LogP contribution in [0.3, 0.4) is 0 Å². The average Bonchev–Trinajstić information content (AvgIpc) is 2.47. The van der Waals surface area contributed by atoms with E-state index in [1.165, 1.54) is 13.5 Å². The number of nitrogens with two attached hydrogens (primary N) is 1. The fraction of sp³-hybridized carbons (Fsp3) is 0.875. The highest BCUT2D eigenvalue weighted by molar-refractivity contribution is 5.66. The first-order valence-corrected chi connectivity index (χ1v) is 4.31. The average molecular weight is 172 g/mol. The smallest absolute Gasteiger partial charge is 0.406 e. The maximum absolute atomic E-state index is 10.7. The van der Waals surface area contributed by atoms with Crippen LogP contribution in [0.5, 0.6) is 0 Å². The number of hydrogen-bond acceptors (Lipinski definition) is 3. The maximum atomic E-state index is 10.7. The standard InChI is InChI=1S/C8H16N2O2/c1-12-8(11)10-5-6-3-2-4-7(6)9/h6-7H,2-5,9H2,1H3,(H,10,11). The van der Waals surface area contributed by atoms with Gasteiger partial charge in [0.25, 0.3) is 0 Å². The lowest BCUT2D eigenvalue weighted by Gasteiger charge is -2.14. The summed E-state index contributed by atoms with van der Waals surface area (Å²) in [6.45, 7) is 0.647. The molecular weight excluding hydrogens is 156 g/mol. The predicted molar refractivity (Wildman–Crippen MR) is 45.7 cm³/mol. The van der Waals surface area contributed by atoms with Crippen LogP contribution in [0.2, 0.25) is 0 Å². The molecule has 4 nitrogen and oxygen atoms in total. The molecule has 2 unspecified atom stereocenters. The van der Waals surface area contributed by atoms with Crippen molar-refractivity contribution >= 4 is 6.09 Å². The zero-order chi connectivity index (χ0) is 8.97. The molecule has 1 rings (SSSR count). The summed E-state index contributed by atoms with van der Waals surface area (Å²) >= 11 is 0. The van der Waals surface area contributed by atoms with Crippen LogP contribution in [0.15, 0.2) is 0 Å². The van der Waals surface area contributed by atoms with Crippen molar-refractivity contribution in [2.45, 2.75) is 25.3 Å². The van der Waals surface area contributed by atoms with Crippen LogP contribution in [0.25, 0.3) is 0 Å². The summed E-state index contributed by atoms with van der Waals surface area (Å²) in [4.78, 5) is 10.7. The van der Waals surface area contributed by atoms with E-state index in [-0.39, 0.29) is 12.1 Å². The van der Waals surface area contributed by atoms with Crippen molar-refractivity contribution < 1.29 is 9.53 Å². The second-order valence-corrected chi connectivity index (χ2v) is 3.23. The monoisotopic (exact) mass is 172 g/mol. The number of amides is 1. The molecule has 1 aliphatic carbocycles. The van der Waals surface area contributed by atoms with E-state index in [1.807, 2.05) is 0 Å². The molecule has 2 atom stereocenters. The summed E-state index contributed by atoms with van der Waals surface area (Å²) in [6, 6.07) is 0.252. The Labute approximate surface area is 72.5 Å². The van der Waals surface area contributed by atoms with Crippen molar-refractivity contribution in [3.8, 4) is 0 Å². The van der Waals surface area contributed by atoms with Gasteiger partial charge < -0.3 is 15.8 Å². The number of alkyl carbamates (subject to hydrolysis) is 1. The molecule has 0 spiro atoms. The molecule has 1 saturated carbocycles. The lowest BCUT2D eigenvalue weighted by Crippen LogP contribution is -2.35. The van der Waals surface area contributed by atoms with Gasteiger partial charge in [0.05, 0.1) is 7.11 Å². The lowest BCUT2D eigenvalue weighted by molar-refractivity contribution is 0.169. The Balaban J connectivity index is 2.18. The van der Waals surface area contributed by atoms with Gasteiger partial charge in [-0.2, -0.15) is 0 Å². The molecule has 70 valence electrons. The molecule has 12 heavy (non-hydrogen) atoms. The van der Waals surface area contributed by atoms with Crippen LogP contribution in [-0.4, -0.2) is 25.8 Å². The highest BCUT2D eigenvalue weighted by atomic mass is 16.5. The van der Waals surface area contributed by atoms with Gasteiger partial charge in [0, 0.05) is 12.6 Å². The Morgan fingerprint density at radius 1 is 1.67 bits per heavy atom. The fourth-order valence-electron chi connectivity index (χ4n) is 1.61. The van der Waals surface area contributed by atoms with Crippen LogP contribution >= 0.6 is 0 Å². The third-order valence-corrected chi connectivity index (χ3v) is 2.41. The van der Waals surface area contributed by atoms with Gasteiger partial charge in [-0.3, -0.25) is 0 Å². The molecule has 4 heteroatoms. The van der Waals surface area contributed by atoms with Gasteiger partial charge in [0.15, 0.2) is 0 Å². The zero-order valence-electron chi connectivity index (χ0n) is 7.38. The highest BCUT2D eigenvalue weighted by Gasteiger charge is 2.23. The minimum atomic E-state index is -0.367. The number of carbonyl (C=O) groups excluding carboxylic acids is 1. The van der Waals surface area contributed by atoms with Crippen LogP contribution < -0.4 is 11.1 Å². The minimum Gasteiger partial charge on any atom is -0.453 e. The fourth-order valence-corrected chi connectivity index (χ4v) is 1.61. The summed E-state index contributed by atoms with van der Waals surface area (Å²) < 4.78 is 4.45. The van der Waals surface area contributed by atoms with E-state index in [0.29, 0.717) is 12.5 Å². The number of carbonyl (C=O) groups is 1. The van der Waals surface area contributed by atoms with Gasteiger partial charge in [-0.1, -0.05) is 6.42 Å². The summed E-state index contributed by atoms with van der Waals surface area (Å²) in [6.07, 6.45) is 3.00. The number of methoxy groups -OCH3 is 1. The molecular formula is C8H16N2O2. The second-order valence-electron chi connectivity index (χ2n) is 3.23. The SMILES string of the molecule is COC(=O)NCC1CCCC1N. The maximum Gasteiger partial charge on any atom is 0.406 e. The molecule has 1 aliphatic rings. The summed E-state index contributed by atoms with van der Waals surface area (Å²) in [5, 5.41) is 2.66. The van der Waals surface area contributed by atoms with Crippen molar-refractivity contribution in [2.24, 2.45) is 11.7 Å². The second kappa shape index (κ2) is 4.30. The normalized spacial score (nSPS) is 28.5. The third-order valence-electron chi connectivity index (χ3n) is 2.41. The van der Waals surface area contributed by atoms with E-state index in [9.17, 15) is 4.79 Å². The predicted octanol–water partition coefficient (Wildman–Crippen LogP) is 0.470. The zero-order valence-corrected chi connectivity index (χ0v) is 7.38. The molecule has 1 fully saturated rings. The van der Waals surface area contributed by atoms with Crippen LogP contribution in [0, 0.1) is 5.92 Å². The Bertz CT molecular complexity index is 161. The summed E-state index contributed by atoms with van der Waals surface area (Å²) in [7, 11) is 1.36. The van der Waals surface area contributed by atoms with Crippen molar-refractivity contribution in [1.82, 2.24) is 5.32 Å². The first kappa shape index (κ1) is 9.32. The van der Waals surface area contributed by atoms with Crippen molar-refractivity contribution in [1.29, 1.82) is 0 Å². The lowest BCUT2D eigenvalue weighted by atomic mass is 10.1.